The van der Waals surface area contributed by atoms with Crippen molar-refractivity contribution in [1.82, 2.24) is 19.7 Å². The molecule has 8 nitrogen and oxygen atoms in total. The van der Waals surface area contributed by atoms with Gasteiger partial charge in [0.2, 0.25) is 17.6 Å². The van der Waals surface area contributed by atoms with Gasteiger partial charge in [0.05, 0.1) is 10.6 Å². The summed E-state index contributed by atoms with van der Waals surface area (Å²) in [5.41, 5.74) is -0.643. The molecule has 35 heavy (non-hydrogen) atoms. The smallest absolute Gasteiger partial charge is 0.287 e. The summed E-state index contributed by atoms with van der Waals surface area (Å²) >= 11 is 0.961. The summed E-state index contributed by atoms with van der Waals surface area (Å²) in [6, 6.07) is 3.04. The van der Waals surface area contributed by atoms with Crippen LogP contribution in [0.15, 0.2) is 33.6 Å². The number of hydrogen-bond donors (Lipinski definition) is 0. The number of rotatable bonds is 4. The van der Waals surface area contributed by atoms with Crippen LogP contribution >= 0.6 is 11.8 Å². The van der Waals surface area contributed by atoms with Crippen LogP contribution in [0, 0.1) is 0 Å². The summed E-state index contributed by atoms with van der Waals surface area (Å²) in [7, 11) is -4.41. The van der Waals surface area contributed by atoms with E-state index in [-0.39, 0.29) is 27.4 Å². The Hall–Kier alpha value is -2.62. The van der Waals surface area contributed by atoms with Crippen molar-refractivity contribution in [3.8, 4) is 5.69 Å². The molecule has 1 aromatic heterocycles. The molecule has 1 saturated carbocycles. The predicted octanol–water partition coefficient (Wildman–Crippen LogP) is 4.26. The van der Waals surface area contributed by atoms with E-state index in [0.29, 0.717) is 12.8 Å². The lowest BCUT2D eigenvalue weighted by atomic mass is 9.94. The highest BCUT2D eigenvalue weighted by atomic mass is 32.2. The van der Waals surface area contributed by atoms with E-state index in [1.54, 1.807) is 0 Å². The molecule has 2 aromatic rings. The lowest BCUT2D eigenvalue weighted by molar-refractivity contribution is -0.153. The van der Waals surface area contributed by atoms with Gasteiger partial charge in [0.15, 0.2) is 5.17 Å². The molecule has 1 amide bonds. The minimum absolute atomic E-state index is 0.00324. The number of amidine groups is 1. The fraction of sp³-hybridized carbons (Fsp3) is 0.474. The predicted molar refractivity (Wildman–Crippen MR) is 112 cm³/mol. The fourth-order valence-corrected chi connectivity index (χ4v) is 6.13. The Morgan fingerprint density at radius 2 is 1.46 bits per heavy atom. The maximum Gasteiger partial charge on any atom is 0.452 e. The monoisotopic (exact) mass is 541 g/mol. The molecule has 2 heterocycles. The van der Waals surface area contributed by atoms with E-state index in [1.807, 2.05) is 0 Å². The van der Waals surface area contributed by atoms with Gasteiger partial charge in [0.25, 0.3) is 10.0 Å². The van der Waals surface area contributed by atoms with Crippen molar-refractivity contribution in [3.05, 3.63) is 35.9 Å². The van der Waals surface area contributed by atoms with Gasteiger partial charge < -0.3 is 0 Å². The number of hydrogen-bond acceptors (Lipinski definition) is 6. The number of carbonyl (C=O) groups is 1. The molecule has 2 aliphatic rings. The van der Waals surface area contributed by atoms with Crippen LogP contribution in [0.1, 0.15) is 43.8 Å². The van der Waals surface area contributed by atoms with Crippen LogP contribution in [-0.4, -0.2) is 51.0 Å². The molecule has 1 saturated heterocycles. The van der Waals surface area contributed by atoms with E-state index in [9.17, 15) is 39.6 Å². The second-order valence-electron chi connectivity index (χ2n) is 7.87. The molecule has 0 N–H and O–H groups in total. The number of halogens is 6. The van der Waals surface area contributed by atoms with Crippen LogP contribution in [0.5, 0.6) is 0 Å². The molecule has 0 unspecified atom stereocenters. The molecule has 0 radical (unpaired) electrons. The van der Waals surface area contributed by atoms with Crippen molar-refractivity contribution in [2.24, 2.45) is 4.40 Å². The van der Waals surface area contributed by atoms with E-state index >= 15 is 0 Å². The van der Waals surface area contributed by atoms with Gasteiger partial charge >= 0.3 is 12.4 Å². The second kappa shape index (κ2) is 9.11. The molecule has 0 spiro atoms. The summed E-state index contributed by atoms with van der Waals surface area (Å²) in [5.74, 6) is -4.06. The number of aromatic nitrogens is 3. The third kappa shape index (κ3) is 5.17. The lowest BCUT2D eigenvalue weighted by Crippen LogP contribution is -2.41. The molecule has 1 aliphatic carbocycles. The SMILES string of the molecule is O=C1CS/C(=N/S(=O)(=O)c2ccc(-n3c(C(F)(F)F)nnc3C(F)(F)F)cc2)N1C1CCCCC1. The molecular formula is C19H17F6N5O3S2. The number of alkyl halides is 6. The van der Waals surface area contributed by atoms with Crippen molar-refractivity contribution in [2.45, 2.75) is 55.4 Å². The lowest BCUT2D eigenvalue weighted by Gasteiger charge is -2.30. The molecule has 4 rings (SSSR count). The highest BCUT2D eigenvalue weighted by molar-refractivity contribution is 8.15. The Labute approximate surface area is 199 Å². The normalized spacial score (nSPS) is 19.7. The summed E-state index contributed by atoms with van der Waals surface area (Å²) < 4.78 is 108. The molecule has 1 aromatic carbocycles. The quantitative estimate of drug-likeness (QED) is 0.537. The zero-order valence-electron chi connectivity index (χ0n) is 17.7. The van der Waals surface area contributed by atoms with Gasteiger partial charge in [-0.1, -0.05) is 31.0 Å². The zero-order chi connectivity index (χ0) is 25.6. The van der Waals surface area contributed by atoms with Gasteiger partial charge in [-0.05, 0) is 37.1 Å². The number of benzene rings is 1. The van der Waals surface area contributed by atoms with E-state index in [1.165, 1.54) is 4.90 Å². The van der Waals surface area contributed by atoms with Crippen LogP contribution in [0.3, 0.4) is 0 Å². The average Bonchev–Trinajstić information content (AvgIpc) is 3.38. The van der Waals surface area contributed by atoms with E-state index in [4.69, 9.17) is 0 Å². The highest BCUT2D eigenvalue weighted by Crippen LogP contribution is 2.36. The van der Waals surface area contributed by atoms with Crippen LogP contribution in [0.4, 0.5) is 26.3 Å². The number of carbonyl (C=O) groups excluding carboxylic acids is 1. The molecular weight excluding hydrogens is 524 g/mol. The van der Waals surface area contributed by atoms with Crippen LogP contribution in [0.25, 0.3) is 5.69 Å². The minimum Gasteiger partial charge on any atom is -0.287 e. The fourth-order valence-electron chi connectivity index (χ4n) is 3.96. The molecule has 2 fully saturated rings. The molecule has 190 valence electrons. The molecule has 16 heteroatoms. The first-order chi connectivity index (χ1) is 16.3. The first kappa shape index (κ1) is 25.5. The van der Waals surface area contributed by atoms with Crippen molar-refractivity contribution >= 4 is 32.9 Å². The largest absolute Gasteiger partial charge is 0.452 e. The first-order valence-electron chi connectivity index (χ1n) is 10.3. The van der Waals surface area contributed by atoms with Crippen molar-refractivity contribution in [1.29, 1.82) is 0 Å². The van der Waals surface area contributed by atoms with Crippen LogP contribution in [-0.2, 0) is 27.2 Å². The van der Waals surface area contributed by atoms with Gasteiger partial charge in [-0.3, -0.25) is 14.3 Å². The zero-order valence-corrected chi connectivity index (χ0v) is 19.3. The average molecular weight is 541 g/mol. The third-order valence-electron chi connectivity index (χ3n) is 5.50. The number of thioether (sulfide) groups is 1. The van der Waals surface area contributed by atoms with Crippen LogP contribution < -0.4 is 0 Å². The molecule has 1 aliphatic heterocycles. The number of amides is 1. The number of nitrogens with zero attached hydrogens (tertiary/aromatic N) is 5. The first-order valence-corrected chi connectivity index (χ1v) is 12.7. The summed E-state index contributed by atoms with van der Waals surface area (Å²) in [6.45, 7) is 0. The van der Waals surface area contributed by atoms with Crippen LogP contribution in [0.2, 0.25) is 0 Å². The van der Waals surface area contributed by atoms with E-state index in [2.05, 4.69) is 14.6 Å². The number of sulfonamides is 1. The maximum atomic E-state index is 13.2. The Morgan fingerprint density at radius 3 is 1.97 bits per heavy atom. The molecule has 0 bridgehead atoms. The van der Waals surface area contributed by atoms with Gasteiger partial charge in [-0.25, -0.2) is 0 Å². The Bertz CT molecular complexity index is 1220. The summed E-state index contributed by atoms with van der Waals surface area (Å²) in [4.78, 5) is 13.2. The van der Waals surface area contributed by atoms with Crippen molar-refractivity contribution in [3.63, 3.8) is 0 Å². The Balaban J connectivity index is 1.68. The van der Waals surface area contributed by atoms with Crippen molar-refractivity contribution in [2.75, 3.05) is 5.75 Å². The standard InChI is InChI=1S/C19H17F6N5O3S2/c20-18(21,22)15-26-27-16(19(23,24)25)30(15)12-6-8-13(9-7-12)35(32,33)28-17-29(14(31)10-34-17)11-4-2-1-3-5-11/h6-9,11H,1-5,10H2/b28-17+. The topological polar surface area (TPSA) is 97.5 Å². The molecule has 0 atom stereocenters. The minimum atomic E-state index is -5.25. The highest BCUT2D eigenvalue weighted by Gasteiger charge is 2.45. The van der Waals surface area contributed by atoms with Gasteiger partial charge in [0.1, 0.15) is 0 Å². The van der Waals surface area contributed by atoms with Gasteiger partial charge in [0, 0.05) is 11.7 Å². The summed E-state index contributed by atoms with van der Waals surface area (Å²) in [5, 5.41) is 5.24. The maximum absolute atomic E-state index is 13.2. The summed E-state index contributed by atoms with van der Waals surface area (Å²) in [6.07, 6.45) is -6.28. The second-order valence-corrected chi connectivity index (χ2v) is 10.4. The van der Waals surface area contributed by atoms with E-state index < -0.39 is 44.6 Å². The Morgan fingerprint density at radius 1 is 0.914 bits per heavy atom. The van der Waals surface area contributed by atoms with Crippen molar-refractivity contribution < 1.29 is 39.6 Å². The Kier molecular flexibility index (Phi) is 6.63. The third-order valence-corrected chi connectivity index (χ3v) is 7.83. The van der Waals surface area contributed by atoms with E-state index in [0.717, 1.165) is 55.3 Å². The van der Waals surface area contributed by atoms with Gasteiger partial charge in [-0.2, -0.15) is 34.8 Å². The van der Waals surface area contributed by atoms with Gasteiger partial charge in [-0.15, -0.1) is 14.6 Å².